The van der Waals surface area contributed by atoms with Gasteiger partial charge < -0.3 is 4.79 Å². The van der Waals surface area contributed by atoms with Gasteiger partial charge in [0.25, 0.3) is 0 Å². The van der Waals surface area contributed by atoms with Crippen LogP contribution in [-0.4, -0.2) is 17.8 Å². The number of thioether (sulfide) groups is 1. The highest BCUT2D eigenvalue weighted by molar-refractivity contribution is 8.00. The SMILES string of the molecule is O=CC1CC2(CSC2)C1. The third-order valence-electron chi connectivity index (χ3n) is 2.40. The number of carbonyl (C=O) groups is 1. The summed E-state index contributed by atoms with van der Waals surface area (Å²) in [6.07, 6.45) is 3.49. The van der Waals surface area contributed by atoms with E-state index in [4.69, 9.17) is 0 Å². The molecule has 9 heavy (non-hydrogen) atoms. The molecule has 0 radical (unpaired) electrons. The minimum atomic E-state index is 0.422. The van der Waals surface area contributed by atoms with E-state index < -0.39 is 0 Å². The lowest BCUT2D eigenvalue weighted by Crippen LogP contribution is -2.47. The lowest BCUT2D eigenvalue weighted by Gasteiger charge is -2.51. The molecule has 50 valence electrons. The minimum Gasteiger partial charge on any atom is -0.303 e. The van der Waals surface area contributed by atoms with Crippen LogP contribution >= 0.6 is 11.8 Å². The second-order valence-corrected chi connectivity index (χ2v) is 4.28. The molecule has 1 saturated heterocycles. The summed E-state index contributed by atoms with van der Waals surface area (Å²) in [5.74, 6) is 3.06. The summed E-state index contributed by atoms with van der Waals surface area (Å²) in [5, 5.41) is 0. The van der Waals surface area contributed by atoms with Gasteiger partial charge in [-0.05, 0) is 29.8 Å². The van der Waals surface area contributed by atoms with E-state index in [9.17, 15) is 4.79 Å². The van der Waals surface area contributed by atoms with E-state index in [0.29, 0.717) is 11.3 Å². The monoisotopic (exact) mass is 142 g/mol. The average Bonchev–Trinajstić information content (AvgIpc) is 1.59. The lowest BCUT2D eigenvalue weighted by molar-refractivity contribution is -0.116. The molecule has 0 atom stereocenters. The maximum absolute atomic E-state index is 10.2. The van der Waals surface area contributed by atoms with Crippen molar-refractivity contribution in [3.63, 3.8) is 0 Å². The maximum atomic E-state index is 10.2. The molecule has 1 nitrogen and oxygen atoms in total. The second-order valence-electron chi connectivity index (χ2n) is 3.30. The first-order chi connectivity index (χ1) is 4.35. The van der Waals surface area contributed by atoms with Gasteiger partial charge >= 0.3 is 0 Å². The summed E-state index contributed by atoms with van der Waals surface area (Å²) in [6.45, 7) is 0. The molecule has 0 bridgehead atoms. The molecule has 2 heteroatoms. The molecule has 2 fully saturated rings. The number of hydrogen-bond acceptors (Lipinski definition) is 2. The second kappa shape index (κ2) is 1.75. The Kier molecular flexibility index (Phi) is 1.12. The first-order valence-electron chi connectivity index (χ1n) is 3.38. The Morgan fingerprint density at radius 1 is 1.44 bits per heavy atom. The molecule has 0 aromatic heterocycles. The zero-order chi connectivity index (χ0) is 6.32. The van der Waals surface area contributed by atoms with Crippen LogP contribution in [0.5, 0.6) is 0 Å². The highest BCUT2D eigenvalue weighted by Crippen LogP contribution is 2.55. The zero-order valence-corrected chi connectivity index (χ0v) is 6.12. The molecule has 2 rings (SSSR count). The molecule has 1 spiro atoms. The largest absolute Gasteiger partial charge is 0.303 e. The molecule has 1 heterocycles. The van der Waals surface area contributed by atoms with Crippen molar-refractivity contribution in [2.24, 2.45) is 11.3 Å². The smallest absolute Gasteiger partial charge is 0.123 e. The normalized spacial score (nSPS) is 31.1. The zero-order valence-electron chi connectivity index (χ0n) is 5.30. The number of carbonyl (C=O) groups excluding carboxylic acids is 1. The van der Waals surface area contributed by atoms with Gasteiger partial charge in [-0.25, -0.2) is 0 Å². The van der Waals surface area contributed by atoms with Crippen LogP contribution in [0.15, 0.2) is 0 Å². The van der Waals surface area contributed by atoms with Crippen molar-refractivity contribution in [1.82, 2.24) is 0 Å². The van der Waals surface area contributed by atoms with Gasteiger partial charge in [-0.2, -0.15) is 11.8 Å². The summed E-state index contributed by atoms with van der Waals surface area (Å²) >= 11 is 2.02. The van der Waals surface area contributed by atoms with Crippen LogP contribution in [0, 0.1) is 11.3 Å². The topological polar surface area (TPSA) is 17.1 Å². The summed E-state index contributed by atoms with van der Waals surface area (Å²) in [4.78, 5) is 10.2. The van der Waals surface area contributed by atoms with Crippen molar-refractivity contribution in [2.45, 2.75) is 12.8 Å². The fourth-order valence-electron chi connectivity index (χ4n) is 1.78. The quantitative estimate of drug-likeness (QED) is 0.514. The Labute approximate surface area is 59.2 Å². The lowest BCUT2D eigenvalue weighted by atomic mass is 9.64. The minimum absolute atomic E-state index is 0.422. The molecule has 0 unspecified atom stereocenters. The van der Waals surface area contributed by atoms with Gasteiger partial charge in [-0.1, -0.05) is 0 Å². The molecule has 0 N–H and O–H groups in total. The maximum Gasteiger partial charge on any atom is 0.123 e. The van der Waals surface area contributed by atoms with Crippen molar-refractivity contribution in [2.75, 3.05) is 11.5 Å². The van der Waals surface area contributed by atoms with Crippen molar-refractivity contribution < 1.29 is 4.79 Å². The van der Waals surface area contributed by atoms with Crippen LogP contribution in [0.4, 0.5) is 0 Å². The van der Waals surface area contributed by atoms with E-state index in [1.54, 1.807) is 0 Å². The molecule has 1 aliphatic heterocycles. The first kappa shape index (κ1) is 5.78. The predicted octanol–water partition coefficient (Wildman–Crippen LogP) is 1.33. The van der Waals surface area contributed by atoms with E-state index >= 15 is 0 Å². The molecule has 1 saturated carbocycles. The Hall–Kier alpha value is 0.0200. The standard InChI is InChI=1S/C7H10OS/c8-3-6-1-7(2-6)4-9-5-7/h3,6H,1-2,4-5H2. The molecule has 0 aromatic rings. The fraction of sp³-hybridized carbons (Fsp3) is 0.857. The Morgan fingerprint density at radius 2 is 2.11 bits per heavy atom. The summed E-state index contributed by atoms with van der Waals surface area (Å²) in [5.41, 5.74) is 0.649. The van der Waals surface area contributed by atoms with Crippen molar-refractivity contribution in [1.29, 1.82) is 0 Å². The van der Waals surface area contributed by atoms with Crippen LogP contribution in [0.25, 0.3) is 0 Å². The number of hydrogen-bond donors (Lipinski definition) is 0. The first-order valence-corrected chi connectivity index (χ1v) is 4.53. The third kappa shape index (κ3) is 0.725. The molecule has 2 aliphatic rings. The summed E-state index contributed by atoms with van der Waals surface area (Å²) < 4.78 is 0. The summed E-state index contributed by atoms with van der Waals surface area (Å²) in [6, 6.07) is 0. The Bertz CT molecular complexity index is 132. The van der Waals surface area contributed by atoms with Crippen LogP contribution in [0.3, 0.4) is 0 Å². The Morgan fingerprint density at radius 3 is 2.44 bits per heavy atom. The predicted molar refractivity (Wildman–Crippen MR) is 38.5 cm³/mol. The van der Waals surface area contributed by atoms with E-state index in [1.165, 1.54) is 24.3 Å². The van der Waals surface area contributed by atoms with E-state index in [1.807, 2.05) is 11.8 Å². The van der Waals surface area contributed by atoms with Gasteiger partial charge in [0.1, 0.15) is 6.29 Å². The molecule has 1 aliphatic carbocycles. The number of aldehydes is 1. The van der Waals surface area contributed by atoms with E-state index in [0.717, 1.165) is 6.29 Å². The third-order valence-corrected chi connectivity index (χ3v) is 4.03. The number of rotatable bonds is 1. The van der Waals surface area contributed by atoms with E-state index in [2.05, 4.69) is 0 Å². The van der Waals surface area contributed by atoms with Crippen molar-refractivity contribution in [3.8, 4) is 0 Å². The highest BCUT2D eigenvalue weighted by atomic mass is 32.2. The van der Waals surface area contributed by atoms with Crippen molar-refractivity contribution in [3.05, 3.63) is 0 Å². The highest BCUT2D eigenvalue weighted by Gasteiger charge is 2.48. The molecule has 0 aromatic carbocycles. The van der Waals surface area contributed by atoms with E-state index in [-0.39, 0.29) is 0 Å². The van der Waals surface area contributed by atoms with Crippen LogP contribution in [-0.2, 0) is 4.79 Å². The molecule has 0 amide bonds. The van der Waals surface area contributed by atoms with Gasteiger partial charge in [0.15, 0.2) is 0 Å². The van der Waals surface area contributed by atoms with Crippen LogP contribution in [0.2, 0.25) is 0 Å². The van der Waals surface area contributed by atoms with Gasteiger partial charge in [-0.15, -0.1) is 0 Å². The molecular weight excluding hydrogens is 132 g/mol. The average molecular weight is 142 g/mol. The molecular formula is C7H10OS. The van der Waals surface area contributed by atoms with Gasteiger partial charge in [-0.3, -0.25) is 0 Å². The van der Waals surface area contributed by atoms with Crippen LogP contribution < -0.4 is 0 Å². The van der Waals surface area contributed by atoms with Crippen LogP contribution in [0.1, 0.15) is 12.8 Å². The fourth-order valence-corrected chi connectivity index (χ4v) is 3.03. The van der Waals surface area contributed by atoms with Crippen molar-refractivity contribution >= 4 is 18.0 Å². The summed E-state index contributed by atoms with van der Waals surface area (Å²) in [7, 11) is 0. The van der Waals surface area contributed by atoms with Gasteiger partial charge in [0.2, 0.25) is 0 Å². The van der Waals surface area contributed by atoms with Gasteiger partial charge in [0.05, 0.1) is 0 Å². The Balaban J connectivity index is 1.88. The van der Waals surface area contributed by atoms with Gasteiger partial charge in [0, 0.05) is 5.92 Å².